The van der Waals surface area contributed by atoms with Crippen molar-refractivity contribution in [1.82, 2.24) is 4.98 Å². The molecule has 7 heteroatoms. The molecule has 5 rings (SSSR count). The Morgan fingerprint density at radius 3 is 2.71 bits per heavy atom. The quantitative estimate of drug-likeness (QED) is 0.178. The van der Waals surface area contributed by atoms with Crippen molar-refractivity contribution in [3.8, 4) is 17.4 Å². The van der Waals surface area contributed by atoms with Crippen molar-refractivity contribution in [3.05, 3.63) is 112 Å². The smallest absolute Gasteiger partial charge is 0.338 e. The van der Waals surface area contributed by atoms with Gasteiger partial charge in [0.15, 0.2) is 0 Å². The van der Waals surface area contributed by atoms with Gasteiger partial charge in [-0.2, -0.15) is 5.26 Å². The zero-order valence-corrected chi connectivity index (χ0v) is 19.8. The molecule has 3 aromatic carbocycles. The molecule has 0 saturated carbocycles. The summed E-state index contributed by atoms with van der Waals surface area (Å²) in [6.07, 6.45) is 1.67. The highest BCUT2D eigenvalue weighted by atomic mass is 35.5. The number of esters is 1. The highest BCUT2D eigenvalue weighted by Gasteiger charge is 2.13. The average Bonchev–Trinajstić information content (AvgIpc) is 3.54. The van der Waals surface area contributed by atoms with Crippen LogP contribution in [-0.2, 0) is 11.3 Å². The minimum absolute atomic E-state index is 0.0845. The first kappa shape index (κ1) is 22.6. The number of thiazole rings is 1. The number of carbonyl (C=O) groups excluding carboxylic acids is 1. The molecule has 0 N–H and O–H groups in total. The number of furan rings is 1. The third-order valence-corrected chi connectivity index (χ3v) is 6.70. The molecule has 0 bridgehead atoms. The molecule has 5 aromatic rings. The summed E-state index contributed by atoms with van der Waals surface area (Å²) >= 11 is 7.59. The molecule has 0 spiro atoms. The van der Waals surface area contributed by atoms with E-state index in [1.165, 1.54) is 11.3 Å². The van der Waals surface area contributed by atoms with Crippen LogP contribution in [-0.4, -0.2) is 11.0 Å². The van der Waals surface area contributed by atoms with Gasteiger partial charge in [0.05, 0.1) is 21.4 Å². The topological polar surface area (TPSA) is 76.1 Å². The zero-order valence-electron chi connectivity index (χ0n) is 18.3. The monoisotopic (exact) mass is 496 g/mol. The molecule has 35 heavy (non-hydrogen) atoms. The van der Waals surface area contributed by atoms with E-state index in [4.69, 9.17) is 20.8 Å². The van der Waals surface area contributed by atoms with E-state index in [1.807, 2.05) is 48.5 Å². The maximum Gasteiger partial charge on any atom is 0.338 e. The fourth-order valence-corrected chi connectivity index (χ4v) is 4.62. The summed E-state index contributed by atoms with van der Waals surface area (Å²) in [5.74, 6) is 0.627. The van der Waals surface area contributed by atoms with Crippen LogP contribution in [0, 0.1) is 11.3 Å². The standard InChI is InChI=1S/C28H17ClN2O3S/c29-23-9-2-1-6-20(23)17-33-28(32)19-8-5-7-18(14-19)25-13-12-22(34-25)15-21(16-30)27-31-24-10-3-4-11-26(24)35-27/h1-15H,17H2/b21-15-. The SMILES string of the molecule is N#C/C(=C/c1ccc(-c2cccc(C(=O)OCc3ccccc3Cl)c2)o1)c1nc2ccccc2s1. The molecule has 0 aliphatic rings. The van der Waals surface area contributed by atoms with Crippen molar-refractivity contribution in [2.75, 3.05) is 0 Å². The van der Waals surface area contributed by atoms with E-state index in [0.29, 0.717) is 32.7 Å². The van der Waals surface area contributed by atoms with E-state index in [-0.39, 0.29) is 6.61 Å². The van der Waals surface area contributed by atoms with Crippen molar-refractivity contribution in [2.45, 2.75) is 6.61 Å². The molecule has 2 aromatic heterocycles. The number of allylic oxidation sites excluding steroid dienone is 1. The summed E-state index contributed by atoms with van der Waals surface area (Å²) in [7, 11) is 0. The second-order valence-corrected chi connectivity index (χ2v) is 9.04. The third kappa shape index (κ3) is 5.02. The largest absolute Gasteiger partial charge is 0.457 e. The van der Waals surface area contributed by atoms with E-state index >= 15 is 0 Å². The normalized spacial score (nSPS) is 11.4. The molecular formula is C28H17ClN2O3S. The predicted octanol–water partition coefficient (Wildman–Crippen LogP) is 7.63. The van der Waals surface area contributed by atoms with E-state index in [0.717, 1.165) is 21.3 Å². The van der Waals surface area contributed by atoms with Crippen LogP contribution in [0.2, 0.25) is 5.02 Å². The van der Waals surface area contributed by atoms with E-state index in [9.17, 15) is 10.1 Å². The van der Waals surface area contributed by atoms with Gasteiger partial charge in [-0.1, -0.05) is 54.1 Å². The summed E-state index contributed by atoms with van der Waals surface area (Å²) in [6, 6.07) is 27.8. The van der Waals surface area contributed by atoms with Gasteiger partial charge in [0.2, 0.25) is 0 Å². The Balaban J connectivity index is 1.34. The Bertz CT molecular complexity index is 1580. The van der Waals surface area contributed by atoms with Crippen LogP contribution in [0.4, 0.5) is 0 Å². The Morgan fingerprint density at radius 2 is 1.89 bits per heavy atom. The fraction of sp³-hybridized carbons (Fsp3) is 0.0357. The van der Waals surface area contributed by atoms with Gasteiger partial charge in [0, 0.05) is 22.2 Å². The average molecular weight is 497 g/mol. The number of benzene rings is 3. The number of hydrogen-bond acceptors (Lipinski definition) is 6. The highest BCUT2D eigenvalue weighted by Crippen LogP contribution is 2.30. The van der Waals surface area contributed by atoms with Crippen molar-refractivity contribution >= 4 is 50.8 Å². The Labute approximate surface area is 210 Å². The lowest BCUT2D eigenvalue weighted by Gasteiger charge is -2.07. The van der Waals surface area contributed by atoms with Crippen LogP contribution in [0.15, 0.2) is 89.3 Å². The lowest BCUT2D eigenvalue weighted by Crippen LogP contribution is -2.05. The summed E-state index contributed by atoms with van der Waals surface area (Å²) in [5.41, 5.74) is 3.13. The number of ether oxygens (including phenoxy) is 1. The second-order valence-electron chi connectivity index (χ2n) is 7.61. The lowest BCUT2D eigenvalue weighted by molar-refractivity contribution is 0.0473. The van der Waals surface area contributed by atoms with Gasteiger partial charge in [0.25, 0.3) is 0 Å². The number of carbonyl (C=O) groups is 1. The van der Waals surface area contributed by atoms with Crippen molar-refractivity contribution in [1.29, 1.82) is 5.26 Å². The van der Waals surface area contributed by atoms with E-state index in [1.54, 1.807) is 42.5 Å². The maximum atomic E-state index is 12.6. The van der Waals surface area contributed by atoms with E-state index in [2.05, 4.69) is 11.1 Å². The molecule has 0 fully saturated rings. The van der Waals surface area contributed by atoms with Crippen LogP contribution < -0.4 is 0 Å². The minimum atomic E-state index is -0.457. The molecule has 0 aliphatic carbocycles. The lowest BCUT2D eigenvalue weighted by atomic mass is 10.1. The summed E-state index contributed by atoms with van der Waals surface area (Å²) in [5, 5.41) is 10.9. The highest BCUT2D eigenvalue weighted by molar-refractivity contribution is 7.19. The van der Waals surface area contributed by atoms with Gasteiger partial charge >= 0.3 is 5.97 Å². The molecule has 0 radical (unpaired) electrons. The first-order chi connectivity index (χ1) is 17.1. The molecule has 5 nitrogen and oxygen atoms in total. The number of halogens is 1. The van der Waals surface area contributed by atoms with Crippen LogP contribution in [0.1, 0.15) is 26.7 Å². The zero-order chi connectivity index (χ0) is 24.2. The number of nitriles is 1. The minimum Gasteiger partial charge on any atom is -0.457 e. The van der Waals surface area contributed by atoms with Crippen LogP contribution in [0.3, 0.4) is 0 Å². The molecule has 0 saturated heterocycles. The van der Waals surface area contributed by atoms with Gasteiger partial charge < -0.3 is 9.15 Å². The maximum absolute atomic E-state index is 12.6. The summed E-state index contributed by atoms with van der Waals surface area (Å²) in [6.45, 7) is 0.0845. The molecule has 0 unspecified atom stereocenters. The number of rotatable bonds is 6. The number of nitrogens with zero attached hydrogens (tertiary/aromatic N) is 2. The number of fused-ring (bicyclic) bond motifs is 1. The first-order valence-electron chi connectivity index (χ1n) is 10.7. The number of hydrogen-bond donors (Lipinski definition) is 0. The molecular weight excluding hydrogens is 480 g/mol. The van der Waals surface area contributed by atoms with Crippen molar-refractivity contribution < 1.29 is 13.9 Å². The molecule has 170 valence electrons. The molecule has 0 atom stereocenters. The predicted molar refractivity (Wildman–Crippen MR) is 138 cm³/mol. The fourth-order valence-electron chi connectivity index (χ4n) is 3.50. The number of para-hydroxylation sites is 1. The third-order valence-electron chi connectivity index (χ3n) is 5.26. The van der Waals surface area contributed by atoms with Crippen LogP contribution in [0.5, 0.6) is 0 Å². The van der Waals surface area contributed by atoms with Crippen molar-refractivity contribution in [3.63, 3.8) is 0 Å². The Hall–Kier alpha value is -4.18. The Kier molecular flexibility index (Phi) is 6.44. The second kappa shape index (κ2) is 9.98. The summed E-state index contributed by atoms with van der Waals surface area (Å²) < 4.78 is 12.4. The van der Waals surface area contributed by atoms with Gasteiger partial charge in [-0.25, -0.2) is 9.78 Å². The number of aromatic nitrogens is 1. The first-order valence-corrected chi connectivity index (χ1v) is 11.9. The van der Waals surface area contributed by atoms with Gasteiger partial charge in [-0.15, -0.1) is 11.3 Å². The van der Waals surface area contributed by atoms with E-state index < -0.39 is 5.97 Å². The molecule has 0 amide bonds. The van der Waals surface area contributed by atoms with Gasteiger partial charge in [-0.05, 0) is 42.5 Å². The Morgan fingerprint density at radius 1 is 1.06 bits per heavy atom. The van der Waals surface area contributed by atoms with Gasteiger partial charge in [-0.3, -0.25) is 0 Å². The van der Waals surface area contributed by atoms with Crippen LogP contribution >= 0.6 is 22.9 Å². The molecule has 0 aliphatic heterocycles. The van der Waals surface area contributed by atoms with Crippen LogP contribution in [0.25, 0.3) is 33.2 Å². The van der Waals surface area contributed by atoms with Gasteiger partial charge in [0.1, 0.15) is 29.2 Å². The summed E-state index contributed by atoms with van der Waals surface area (Å²) in [4.78, 5) is 17.1. The molecule has 2 heterocycles. The van der Waals surface area contributed by atoms with Crippen molar-refractivity contribution in [2.24, 2.45) is 0 Å².